The van der Waals surface area contributed by atoms with E-state index in [9.17, 15) is 20.1 Å². The predicted molar refractivity (Wildman–Crippen MR) is 106 cm³/mol. The van der Waals surface area contributed by atoms with Crippen molar-refractivity contribution in [2.24, 2.45) is 5.41 Å². The van der Waals surface area contributed by atoms with Gasteiger partial charge in [-0.1, -0.05) is 0 Å². The molecule has 9 heteroatoms. The summed E-state index contributed by atoms with van der Waals surface area (Å²) < 4.78 is 5.80. The molecule has 0 amide bonds. The number of rotatable bonds is 11. The van der Waals surface area contributed by atoms with Crippen LogP contribution >= 0.6 is 0 Å². The molecule has 0 aromatic carbocycles. The summed E-state index contributed by atoms with van der Waals surface area (Å²) >= 11 is 0. The van der Waals surface area contributed by atoms with Crippen LogP contribution in [-0.2, 0) is 9.53 Å². The molecule has 4 aliphatic rings. The first-order chi connectivity index (χ1) is 13.8. The molecule has 3 N–H and O–H groups in total. The zero-order chi connectivity index (χ0) is 21.1. The Morgan fingerprint density at radius 3 is 1.52 bits per heavy atom. The molecule has 9 nitrogen and oxygen atoms in total. The fraction of sp³-hybridized carbons (Fsp3) is 0.950. The van der Waals surface area contributed by atoms with Crippen molar-refractivity contribution in [1.29, 1.82) is 0 Å². The van der Waals surface area contributed by atoms with E-state index in [-0.39, 0.29) is 18.7 Å². The van der Waals surface area contributed by atoms with E-state index in [4.69, 9.17) is 4.74 Å². The molecule has 8 atom stereocenters. The first-order valence-corrected chi connectivity index (χ1v) is 10.8. The molecule has 4 saturated heterocycles. The third-order valence-corrected chi connectivity index (χ3v) is 7.21. The topological polar surface area (TPSA) is 99.0 Å². The number of carbonyl (C=O) groups excluding carboxylic acids is 1. The normalized spacial score (nSPS) is 43.3. The molecular formula is C20H36N4O5. The average molecular weight is 413 g/mol. The van der Waals surface area contributed by atoms with Gasteiger partial charge in [0.25, 0.3) is 0 Å². The van der Waals surface area contributed by atoms with Crippen LogP contribution in [0.3, 0.4) is 0 Å². The summed E-state index contributed by atoms with van der Waals surface area (Å²) in [5.74, 6) is -0.339. The summed E-state index contributed by atoms with van der Waals surface area (Å²) in [6.45, 7) is 10.7. The van der Waals surface area contributed by atoms with E-state index in [1.165, 1.54) is 0 Å². The van der Waals surface area contributed by atoms with Crippen LogP contribution in [0.25, 0.3) is 0 Å². The molecule has 0 aromatic rings. The van der Waals surface area contributed by atoms with Crippen LogP contribution in [-0.4, -0.2) is 129 Å². The van der Waals surface area contributed by atoms with Crippen molar-refractivity contribution in [2.75, 3.05) is 52.6 Å². The van der Waals surface area contributed by atoms with Crippen LogP contribution in [0.15, 0.2) is 0 Å². The van der Waals surface area contributed by atoms with E-state index < -0.39 is 30.9 Å². The van der Waals surface area contributed by atoms with Crippen molar-refractivity contribution in [3.05, 3.63) is 0 Å². The Labute approximate surface area is 172 Å². The zero-order valence-electron chi connectivity index (χ0n) is 18.0. The van der Waals surface area contributed by atoms with E-state index in [0.29, 0.717) is 24.2 Å². The summed E-state index contributed by atoms with van der Waals surface area (Å²) in [6, 6.07) is 1.44. The molecule has 29 heavy (non-hydrogen) atoms. The van der Waals surface area contributed by atoms with Gasteiger partial charge in [0.05, 0.1) is 25.2 Å². The molecule has 4 fully saturated rings. The van der Waals surface area contributed by atoms with Gasteiger partial charge in [0.15, 0.2) is 0 Å². The molecular weight excluding hydrogens is 376 g/mol. The fourth-order valence-corrected chi connectivity index (χ4v) is 4.69. The maximum Gasteiger partial charge on any atom is 0.345 e. The van der Waals surface area contributed by atoms with Gasteiger partial charge in [0, 0.05) is 50.3 Å². The SMILES string of the molecule is CC1CN1C(N1CC1C)C(C(=O)OCC(CO)(CO)CO)(N1CC1C)N1CC1C. The van der Waals surface area contributed by atoms with Gasteiger partial charge in [-0.3, -0.25) is 19.6 Å². The molecule has 4 rings (SSSR count). The zero-order valence-corrected chi connectivity index (χ0v) is 18.0. The lowest BCUT2D eigenvalue weighted by Crippen LogP contribution is -2.68. The van der Waals surface area contributed by atoms with Crippen LogP contribution in [0.4, 0.5) is 0 Å². The molecule has 0 bridgehead atoms. The Morgan fingerprint density at radius 2 is 1.24 bits per heavy atom. The number of hydrogen-bond acceptors (Lipinski definition) is 9. The fourth-order valence-electron chi connectivity index (χ4n) is 4.69. The number of esters is 1. The highest BCUT2D eigenvalue weighted by Gasteiger charge is 2.72. The van der Waals surface area contributed by atoms with Crippen LogP contribution < -0.4 is 0 Å². The first-order valence-electron chi connectivity index (χ1n) is 10.8. The summed E-state index contributed by atoms with van der Waals surface area (Å²) in [4.78, 5) is 23.0. The number of hydrogen-bond donors (Lipinski definition) is 3. The van der Waals surface area contributed by atoms with Crippen molar-refractivity contribution in [2.45, 2.75) is 63.7 Å². The van der Waals surface area contributed by atoms with Gasteiger partial charge in [0.2, 0.25) is 5.66 Å². The molecule has 0 spiro atoms. The molecule has 4 aliphatic heterocycles. The smallest absolute Gasteiger partial charge is 0.345 e. The Hall–Kier alpha value is -0.810. The molecule has 166 valence electrons. The van der Waals surface area contributed by atoms with Gasteiger partial charge in [-0.05, 0) is 27.7 Å². The summed E-state index contributed by atoms with van der Waals surface area (Å²) in [5, 5.41) is 28.9. The minimum atomic E-state index is -1.23. The van der Waals surface area contributed by atoms with Crippen molar-refractivity contribution in [1.82, 2.24) is 19.6 Å². The minimum absolute atomic E-state index is 0.0818. The number of aliphatic hydroxyl groups is 3. The summed E-state index contributed by atoms with van der Waals surface area (Å²) in [5.41, 5.74) is -2.13. The van der Waals surface area contributed by atoms with Crippen molar-refractivity contribution in [3.8, 4) is 0 Å². The largest absolute Gasteiger partial charge is 0.462 e. The van der Waals surface area contributed by atoms with Gasteiger partial charge in [-0.25, -0.2) is 4.79 Å². The molecule has 4 heterocycles. The third kappa shape index (κ3) is 3.50. The van der Waals surface area contributed by atoms with Gasteiger partial charge >= 0.3 is 5.97 Å². The minimum Gasteiger partial charge on any atom is -0.462 e. The van der Waals surface area contributed by atoms with E-state index in [2.05, 4.69) is 47.3 Å². The Morgan fingerprint density at radius 1 is 0.862 bits per heavy atom. The second-order valence-electron chi connectivity index (χ2n) is 9.74. The van der Waals surface area contributed by atoms with Crippen molar-refractivity contribution >= 4 is 5.97 Å². The molecule has 0 radical (unpaired) electrons. The standard InChI is InChI=1S/C20H36N4O5/c1-13-5-21(13)17(22-6-14(22)2)20(23-7-15(23)3,24-8-16(24)4)18(28)29-12-19(9-25,10-26)11-27/h13-17,25-27H,5-12H2,1-4H3. The number of carbonyl (C=O) groups is 1. The quantitative estimate of drug-likeness (QED) is 0.272. The van der Waals surface area contributed by atoms with Crippen LogP contribution in [0.1, 0.15) is 27.7 Å². The third-order valence-electron chi connectivity index (χ3n) is 7.21. The Balaban J connectivity index is 1.66. The first kappa shape index (κ1) is 21.4. The van der Waals surface area contributed by atoms with Crippen LogP contribution in [0.2, 0.25) is 0 Å². The van der Waals surface area contributed by atoms with Crippen LogP contribution in [0, 0.1) is 5.41 Å². The van der Waals surface area contributed by atoms with E-state index in [1.807, 2.05) is 0 Å². The summed E-state index contributed by atoms with van der Waals surface area (Å²) in [7, 11) is 0. The predicted octanol–water partition coefficient (Wildman–Crippen LogP) is -1.67. The van der Waals surface area contributed by atoms with E-state index in [1.54, 1.807) is 0 Å². The second kappa shape index (κ2) is 7.40. The Bertz CT molecular complexity index is 604. The van der Waals surface area contributed by atoms with Gasteiger partial charge in [-0.2, -0.15) is 0 Å². The number of ether oxygens (including phenoxy) is 1. The molecule has 8 unspecified atom stereocenters. The number of nitrogens with zero attached hydrogens (tertiary/aromatic N) is 4. The molecule has 0 aromatic heterocycles. The van der Waals surface area contributed by atoms with E-state index in [0.717, 1.165) is 26.2 Å². The van der Waals surface area contributed by atoms with Crippen molar-refractivity contribution < 1.29 is 24.9 Å². The maximum atomic E-state index is 13.8. The van der Waals surface area contributed by atoms with Gasteiger partial charge in [0.1, 0.15) is 12.8 Å². The monoisotopic (exact) mass is 412 g/mol. The lowest BCUT2D eigenvalue weighted by atomic mass is 9.92. The maximum absolute atomic E-state index is 13.8. The second-order valence-corrected chi connectivity index (χ2v) is 9.74. The highest BCUT2D eigenvalue weighted by atomic mass is 16.5. The molecule has 0 saturated carbocycles. The van der Waals surface area contributed by atoms with Crippen molar-refractivity contribution in [3.63, 3.8) is 0 Å². The number of aliphatic hydroxyl groups excluding tert-OH is 3. The van der Waals surface area contributed by atoms with Gasteiger partial charge < -0.3 is 20.1 Å². The lowest BCUT2D eigenvalue weighted by molar-refractivity contribution is -0.179. The summed E-state index contributed by atoms with van der Waals surface area (Å²) in [6.07, 6.45) is -0.0818. The molecule has 0 aliphatic carbocycles. The average Bonchev–Trinajstić information content (AvgIpc) is 3.52. The lowest BCUT2D eigenvalue weighted by Gasteiger charge is -2.44. The highest BCUT2D eigenvalue weighted by Crippen LogP contribution is 2.49. The van der Waals surface area contributed by atoms with E-state index >= 15 is 0 Å². The van der Waals surface area contributed by atoms with Crippen LogP contribution in [0.5, 0.6) is 0 Å². The highest BCUT2D eigenvalue weighted by molar-refractivity contribution is 5.83. The van der Waals surface area contributed by atoms with Gasteiger partial charge in [-0.15, -0.1) is 0 Å². The Kier molecular flexibility index (Phi) is 5.47.